The summed E-state index contributed by atoms with van der Waals surface area (Å²) >= 11 is 1.25. The summed E-state index contributed by atoms with van der Waals surface area (Å²) in [6, 6.07) is 7.62. The molecule has 0 aliphatic rings. The second-order valence-electron chi connectivity index (χ2n) is 5.41. The summed E-state index contributed by atoms with van der Waals surface area (Å²) in [4.78, 5) is 31.3. The molecule has 0 saturated carbocycles. The lowest BCUT2D eigenvalue weighted by Crippen LogP contribution is -2.24. The average Bonchev–Trinajstić information content (AvgIpc) is 2.52. The average molecular weight is 331 g/mol. The molecule has 0 radical (unpaired) electrons. The zero-order chi connectivity index (χ0) is 17.0. The molecule has 1 aromatic heterocycles. The number of amides is 1. The second-order valence-corrected chi connectivity index (χ2v) is 6.74. The summed E-state index contributed by atoms with van der Waals surface area (Å²) in [6.07, 6.45) is 0.688. The first-order valence-corrected chi connectivity index (χ1v) is 8.42. The molecule has 1 atom stereocenters. The van der Waals surface area contributed by atoms with E-state index in [0.29, 0.717) is 17.1 Å². The normalized spacial score (nSPS) is 12.0. The lowest BCUT2D eigenvalue weighted by molar-refractivity contribution is -0.115. The van der Waals surface area contributed by atoms with Crippen LogP contribution < -0.4 is 10.9 Å². The van der Waals surface area contributed by atoms with Crippen molar-refractivity contribution in [1.29, 1.82) is 0 Å². The van der Waals surface area contributed by atoms with Gasteiger partial charge in [-0.05, 0) is 39.3 Å². The highest BCUT2D eigenvalue weighted by molar-refractivity contribution is 8.00. The summed E-state index contributed by atoms with van der Waals surface area (Å²) in [5, 5.41) is 2.97. The van der Waals surface area contributed by atoms with Crippen LogP contribution in [0.2, 0.25) is 0 Å². The number of benzene rings is 1. The maximum absolute atomic E-state index is 12.3. The Hall–Kier alpha value is -2.08. The molecule has 1 heterocycles. The van der Waals surface area contributed by atoms with Crippen molar-refractivity contribution in [3.63, 3.8) is 0 Å². The minimum atomic E-state index is -0.369. The van der Waals surface area contributed by atoms with E-state index in [1.165, 1.54) is 11.8 Å². The Balaban J connectivity index is 2.07. The van der Waals surface area contributed by atoms with Crippen molar-refractivity contribution < 1.29 is 4.79 Å². The molecule has 6 heteroatoms. The van der Waals surface area contributed by atoms with Gasteiger partial charge in [0.1, 0.15) is 0 Å². The fourth-order valence-corrected chi connectivity index (χ4v) is 2.87. The quantitative estimate of drug-likeness (QED) is 0.652. The summed E-state index contributed by atoms with van der Waals surface area (Å²) < 4.78 is 0. The molecule has 23 heavy (non-hydrogen) atoms. The van der Waals surface area contributed by atoms with Gasteiger partial charge in [0.15, 0.2) is 5.16 Å². The van der Waals surface area contributed by atoms with Crippen LogP contribution in [0.4, 0.5) is 5.69 Å². The molecule has 1 aromatic carbocycles. The molecule has 5 nitrogen and oxygen atoms in total. The highest BCUT2D eigenvalue weighted by Crippen LogP contribution is 2.21. The van der Waals surface area contributed by atoms with Gasteiger partial charge >= 0.3 is 0 Å². The van der Waals surface area contributed by atoms with Crippen LogP contribution in [0.5, 0.6) is 0 Å². The number of anilines is 1. The van der Waals surface area contributed by atoms with E-state index in [2.05, 4.69) is 15.3 Å². The van der Waals surface area contributed by atoms with Crippen molar-refractivity contribution in [2.45, 2.75) is 44.5 Å². The number of rotatable bonds is 5. The number of carbonyl (C=O) groups excluding carboxylic acids is 1. The third-order valence-electron chi connectivity index (χ3n) is 3.54. The second kappa shape index (κ2) is 7.46. The fraction of sp³-hybridized carbons (Fsp3) is 0.353. The number of carbonyl (C=O) groups is 1. The molecule has 2 rings (SSSR count). The summed E-state index contributed by atoms with van der Waals surface area (Å²) in [6.45, 7) is 7.50. The Morgan fingerprint density at radius 1 is 1.30 bits per heavy atom. The van der Waals surface area contributed by atoms with E-state index in [1.54, 1.807) is 13.8 Å². The van der Waals surface area contributed by atoms with Gasteiger partial charge in [0.25, 0.3) is 5.56 Å². The highest BCUT2D eigenvalue weighted by atomic mass is 32.2. The van der Waals surface area contributed by atoms with Gasteiger partial charge < -0.3 is 10.3 Å². The fourth-order valence-electron chi connectivity index (χ4n) is 2.06. The maximum atomic E-state index is 12.3. The number of nitrogens with zero attached hydrogens (tertiary/aromatic N) is 1. The number of hydrogen-bond donors (Lipinski definition) is 2. The van der Waals surface area contributed by atoms with E-state index in [9.17, 15) is 9.59 Å². The van der Waals surface area contributed by atoms with Crippen LogP contribution in [-0.2, 0) is 11.2 Å². The van der Waals surface area contributed by atoms with Crippen LogP contribution in [-0.4, -0.2) is 21.1 Å². The van der Waals surface area contributed by atoms with E-state index < -0.39 is 0 Å². The summed E-state index contributed by atoms with van der Waals surface area (Å²) in [5.41, 5.74) is 3.15. The Morgan fingerprint density at radius 3 is 2.57 bits per heavy atom. The van der Waals surface area contributed by atoms with E-state index in [4.69, 9.17) is 0 Å². The lowest BCUT2D eigenvalue weighted by atomic mass is 10.2. The monoisotopic (exact) mass is 331 g/mol. The molecule has 0 aliphatic heterocycles. The zero-order valence-electron chi connectivity index (χ0n) is 13.8. The standard InChI is InChI=1S/C17H21N3O2S/c1-5-14-11(3)15(21)20-17(19-14)23-12(4)16(22)18-13-8-6-10(2)7-9-13/h6-9,12H,5H2,1-4H3,(H,18,22)(H,19,20,21)/t12-/m0/s1. The Morgan fingerprint density at radius 2 is 1.96 bits per heavy atom. The van der Waals surface area contributed by atoms with Crippen molar-refractivity contribution in [3.05, 3.63) is 51.4 Å². The molecule has 0 bridgehead atoms. The summed E-state index contributed by atoms with van der Waals surface area (Å²) in [7, 11) is 0. The SMILES string of the molecule is CCc1nc(S[C@@H](C)C(=O)Nc2ccc(C)cc2)[nH]c(=O)c1C. The van der Waals surface area contributed by atoms with Crippen LogP contribution in [0.1, 0.15) is 30.7 Å². The number of nitrogens with one attached hydrogen (secondary N) is 2. The first-order chi connectivity index (χ1) is 10.9. The molecule has 122 valence electrons. The molecular formula is C17H21N3O2S. The molecule has 2 aromatic rings. The van der Waals surface area contributed by atoms with Gasteiger partial charge in [-0.15, -0.1) is 0 Å². The van der Waals surface area contributed by atoms with Crippen molar-refractivity contribution in [1.82, 2.24) is 9.97 Å². The Kier molecular flexibility index (Phi) is 5.60. The number of H-pyrrole nitrogens is 1. The topological polar surface area (TPSA) is 74.8 Å². The molecule has 0 aliphatic carbocycles. The number of thioether (sulfide) groups is 1. The number of aromatic nitrogens is 2. The highest BCUT2D eigenvalue weighted by Gasteiger charge is 2.17. The van der Waals surface area contributed by atoms with Gasteiger partial charge in [-0.2, -0.15) is 0 Å². The van der Waals surface area contributed by atoms with Gasteiger partial charge in [0, 0.05) is 11.3 Å². The first kappa shape index (κ1) is 17.3. The molecule has 0 fully saturated rings. The zero-order valence-corrected chi connectivity index (χ0v) is 14.6. The van der Waals surface area contributed by atoms with Gasteiger partial charge in [0.05, 0.1) is 10.9 Å². The predicted molar refractivity (Wildman–Crippen MR) is 94.1 cm³/mol. The third-order valence-corrected chi connectivity index (χ3v) is 4.53. The minimum absolute atomic E-state index is 0.125. The van der Waals surface area contributed by atoms with E-state index in [0.717, 1.165) is 16.9 Å². The number of aryl methyl sites for hydroxylation is 2. The van der Waals surface area contributed by atoms with E-state index in [1.807, 2.05) is 38.1 Å². The Labute approximate surface area is 139 Å². The number of aromatic amines is 1. The van der Waals surface area contributed by atoms with E-state index >= 15 is 0 Å². The summed E-state index contributed by atoms with van der Waals surface area (Å²) in [5.74, 6) is -0.125. The van der Waals surface area contributed by atoms with Gasteiger partial charge in [0.2, 0.25) is 5.91 Å². The van der Waals surface area contributed by atoms with Crippen molar-refractivity contribution >= 4 is 23.4 Å². The van der Waals surface area contributed by atoms with Crippen molar-refractivity contribution in [2.75, 3.05) is 5.32 Å². The predicted octanol–water partition coefficient (Wildman–Crippen LogP) is 3.07. The largest absolute Gasteiger partial charge is 0.325 e. The molecular weight excluding hydrogens is 310 g/mol. The van der Waals surface area contributed by atoms with Crippen LogP contribution in [0, 0.1) is 13.8 Å². The molecule has 1 amide bonds. The Bertz CT molecular complexity index is 753. The van der Waals surface area contributed by atoms with Gasteiger partial charge in [-0.3, -0.25) is 9.59 Å². The molecule has 0 saturated heterocycles. The maximum Gasteiger partial charge on any atom is 0.254 e. The van der Waals surface area contributed by atoms with Gasteiger partial charge in [-0.25, -0.2) is 4.98 Å². The van der Waals surface area contributed by atoms with Crippen LogP contribution in [0.25, 0.3) is 0 Å². The third kappa shape index (κ3) is 4.45. The van der Waals surface area contributed by atoms with E-state index in [-0.39, 0.29) is 16.7 Å². The number of hydrogen-bond acceptors (Lipinski definition) is 4. The molecule has 2 N–H and O–H groups in total. The first-order valence-electron chi connectivity index (χ1n) is 7.54. The molecule has 0 unspecified atom stereocenters. The minimum Gasteiger partial charge on any atom is -0.325 e. The smallest absolute Gasteiger partial charge is 0.254 e. The van der Waals surface area contributed by atoms with Crippen LogP contribution in [0.15, 0.2) is 34.2 Å². The van der Waals surface area contributed by atoms with Crippen LogP contribution >= 0.6 is 11.8 Å². The van der Waals surface area contributed by atoms with Gasteiger partial charge in [-0.1, -0.05) is 36.4 Å². The molecule has 0 spiro atoms. The van der Waals surface area contributed by atoms with Crippen LogP contribution in [0.3, 0.4) is 0 Å². The van der Waals surface area contributed by atoms with Crippen molar-refractivity contribution in [2.24, 2.45) is 0 Å². The lowest BCUT2D eigenvalue weighted by Gasteiger charge is -2.12. The van der Waals surface area contributed by atoms with Crippen molar-refractivity contribution in [3.8, 4) is 0 Å².